The van der Waals surface area contributed by atoms with Crippen molar-refractivity contribution >= 4 is 15.9 Å². The maximum atomic E-state index is 13.0. The zero-order valence-corrected chi connectivity index (χ0v) is 17.5. The maximum absolute atomic E-state index is 13.0. The molecule has 0 saturated carbocycles. The van der Waals surface area contributed by atoms with E-state index in [1.165, 1.54) is 4.31 Å². The lowest BCUT2D eigenvalue weighted by molar-refractivity contribution is 0.0633. The summed E-state index contributed by atoms with van der Waals surface area (Å²) in [7, 11) is 0.0784. The fourth-order valence-electron chi connectivity index (χ4n) is 4.16. The largest absolute Gasteiger partial charge is 0.345 e. The van der Waals surface area contributed by atoms with Gasteiger partial charge in [-0.2, -0.15) is 4.31 Å². The Kier molecular flexibility index (Phi) is 6.28. The highest BCUT2D eigenvalue weighted by molar-refractivity contribution is 7.89. The van der Waals surface area contributed by atoms with Crippen molar-refractivity contribution in [2.75, 3.05) is 39.8 Å². The fourth-order valence-corrected chi connectivity index (χ4v) is 5.75. The first-order chi connectivity index (χ1) is 12.8. The smallest absolute Gasteiger partial charge is 0.270 e. The summed E-state index contributed by atoms with van der Waals surface area (Å²) >= 11 is 0. The third kappa shape index (κ3) is 4.22. The van der Waals surface area contributed by atoms with Gasteiger partial charge in [0.2, 0.25) is 10.0 Å². The number of amides is 1. The molecule has 3 heterocycles. The van der Waals surface area contributed by atoms with Crippen LogP contribution < -0.4 is 0 Å². The van der Waals surface area contributed by atoms with Crippen LogP contribution >= 0.6 is 0 Å². The summed E-state index contributed by atoms with van der Waals surface area (Å²) in [6.45, 7) is 6.45. The minimum Gasteiger partial charge on any atom is -0.345 e. The van der Waals surface area contributed by atoms with Gasteiger partial charge in [-0.15, -0.1) is 0 Å². The van der Waals surface area contributed by atoms with E-state index in [0.29, 0.717) is 18.8 Å². The van der Waals surface area contributed by atoms with Gasteiger partial charge in [0.1, 0.15) is 10.6 Å². The fraction of sp³-hybridized carbons (Fsp3) is 0.737. The quantitative estimate of drug-likeness (QED) is 0.735. The van der Waals surface area contributed by atoms with Crippen molar-refractivity contribution in [2.24, 2.45) is 7.05 Å². The molecule has 2 saturated heterocycles. The van der Waals surface area contributed by atoms with Gasteiger partial charge in [0.05, 0.1) is 0 Å². The van der Waals surface area contributed by atoms with Crippen LogP contribution in [0.3, 0.4) is 0 Å². The molecule has 1 aromatic heterocycles. The molecule has 0 radical (unpaired) electrons. The van der Waals surface area contributed by atoms with Crippen LogP contribution in [0.1, 0.15) is 49.5 Å². The van der Waals surface area contributed by atoms with Crippen LogP contribution in [-0.2, 0) is 17.1 Å². The van der Waals surface area contributed by atoms with Crippen molar-refractivity contribution in [3.05, 3.63) is 18.0 Å². The van der Waals surface area contributed by atoms with Crippen molar-refractivity contribution in [2.45, 2.75) is 50.0 Å². The van der Waals surface area contributed by atoms with E-state index >= 15 is 0 Å². The molecular formula is C19H32N4O3S. The van der Waals surface area contributed by atoms with E-state index in [1.54, 1.807) is 28.8 Å². The van der Waals surface area contributed by atoms with Crippen molar-refractivity contribution in [1.29, 1.82) is 0 Å². The molecule has 2 aliphatic rings. The van der Waals surface area contributed by atoms with E-state index in [1.807, 2.05) is 7.05 Å². The number of rotatable bonds is 6. The molecule has 0 N–H and O–H groups in total. The maximum Gasteiger partial charge on any atom is 0.270 e. The van der Waals surface area contributed by atoms with E-state index in [-0.39, 0.29) is 16.8 Å². The van der Waals surface area contributed by atoms with Crippen molar-refractivity contribution in [1.82, 2.24) is 18.7 Å². The van der Waals surface area contributed by atoms with Crippen LogP contribution in [0.25, 0.3) is 0 Å². The number of carbonyl (C=O) groups is 1. The monoisotopic (exact) mass is 396 g/mol. The molecule has 3 rings (SSSR count). The molecule has 2 aliphatic heterocycles. The molecule has 7 nitrogen and oxygen atoms in total. The average Bonchev–Trinajstić information content (AvgIpc) is 3.32. The summed E-state index contributed by atoms with van der Waals surface area (Å²) in [4.78, 5) is 17.5. The van der Waals surface area contributed by atoms with Gasteiger partial charge in [-0.05, 0) is 44.7 Å². The Morgan fingerprint density at radius 1 is 1.19 bits per heavy atom. The summed E-state index contributed by atoms with van der Waals surface area (Å²) < 4.78 is 28.7. The predicted octanol–water partition coefficient (Wildman–Crippen LogP) is 1.76. The number of piperidine rings is 1. The molecule has 0 spiro atoms. The standard InChI is InChI=1S/C19H32N4O3S/c1-4-9-22-12-7-16(8-13-22)21(3)19(24)18-14-17(15-20(18)2)27(25,26)23-10-5-6-11-23/h14-16H,4-13H2,1-3H3. The van der Waals surface area contributed by atoms with Crippen LogP contribution in [0.4, 0.5) is 0 Å². The van der Waals surface area contributed by atoms with E-state index < -0.39 is 10.0 Å². The first-order valence-corrected chi connectivity index (χ1v) is 11.4. The van der Waals surface area contributed by atoms with E-state index in [9.17, 15) is 13.2 Å². The number of aryl methyl sites for hydroxylation is 1. The van der Waals surface area contributed by atoms with Crippen LogP contribution in [0.5, 0.6) is 0 Å². The number of hydrogen-bond acceptors (Lipinski definition) is 4. The molecule has 0 aliphatic carbocycles. The SMILES string of the molecule is CCCN1CCC(N(C)C(=O)c2cc(S(=O)(=O)N3CCCC3)cn2C)CC1. The highest BCUT2D eigenvalue weighted by Gasteiger charge is 2.31. The topological polar surface area (TPSA) is 65.9 Å². The molecule has 2 fully saturated rings. The number of aromatic nitrogens is 1. The van der Waals surface area contributed by atoms with E-state index in [0.717, 1.165) is 51.7 Å². The highest BCUT2D eigenvalue weighted by Crippen LogP contribution is 2.24. The lowest BCUT2D eigenvalue weighted by atomic mass is 10.0. The molecule has 1 amide bonds. The number of likely N-dealkylation sites (tertiary alicyclic amines) is 1. The molecule has 1 aromatic rings. The Morgan fingerprint density at radius 3 is 2.41 bits per heavy atom. The normalized spacial score (nSPS) is 20.3. The van der Waals surface area contributed by atoms with Crippen molar-refractivity contribution in [3.8, 4) is 0 Å². The summed E-state index contributed by atoms with van der Waals surface area (Å²) in [6.07, 6.45) is 6.45. The summed E-state index contributed by atoms with van der Waals surface area (Å²) in [5, 5.41) is 0. The Hall–Kier alpha value is -1.38. The van der Waals surface area contributed by atoms with Gasteiger partial charge in [0, 0.05) is 52.5 Å². The van der Waals surface area contributed by atoms with Gasteiger partial charge in [0.15, 0.2) is 0 Å². The Bertz CT molecular complexity index is 760. The summed E-state index contributed by atoms with van der Waals surface area (Å²) in [5.41, 5.74) is 0.436. The lowest BCUT2D eigenvalue weighted by Gasteiger charge is -2.36. The minimum absolute atomic E-state index is 0.102. The zero-order valence-electron chi connectivity index (χ0n) is 16.7. The summed E-state index contributed by atoms with van der Waals surface area (Å²) in [6, 6.07) is 1.75. The highest BCUT2D eigenvalue weighted by atomic mass is 32.2. The molecule has 27 heavy (non-hydrogen) atoms. The first kappa shape index (κ1) is 20.4. The minimum atomic E-state index is -3.50. The van der Waals surface area contributed by atoms with Gasteiger partial charge in [-0.3, -0.25) is 4.79 Å². The molecule has 0 unspecified atom stereocenters. The Balaban J connectivity index is 1.71. The summed E-state index contributed by atoms with van der Waals surface area (Å²) in [5.74, 6) is -0.102. The number of nitrogens with zero attached hydrogens (tertiary/aromatic N) is 4. The molecule has 0 aromatic carbocycles. The molecule has 0 bridgehead atoms. The average molecular weight is 397 g/mol. The first-order valence-electron chi connectivity index (χ1n) is 10.0. The van der Waals surface area contributed by atoms with Gasteiger partial charge in [-0.1, -0.05) is 6.92 Å². The predicted molar refractivity (Wildman–Crippen MR) is 105 cm³/mol. The van der Waals surface area contributed by atoms with Gasteiger partial charge < -0.3 is 14.4 Å². The Labute approximate surface area is 163 Å². The van der Waals surface area contributed by atoms with Crippen molar-refractivity contribution in [3.63, 3.8) is 0 Å². The second kappa shape index (κ2) is 8.32. The van der Waals surface area contributed by atoms with Gasteiger partial charge >= 0.3 is 0 Å². The number of hydrogen-bond donors (Lipinski definition) is 0. The third-order valence-corrected chi connectivity index (χ3v) is 7.73. The van der Waals surface area contributed by atoms with Crippen LogP contribution in [-0.4, -0.2) is 78.8 Å². The number of carbonyl (C=O) groups excluding carboxylic acids is 1. The lowest BCUT2D eigenvalue weighted by Crippen LogP contribution is -2.46. The second-order valence-electron chi connectivity index (χ2n) is 7.77. The zero-order chi connectivity index (χ0) is 19.6. The van der Waals surface area contributed by atoms with Crippen LogP contribution in [0, 0.1) is 0 Å². The van der Waals surface area contributed by atoms with Crippen molar-refractivity contribution < 1.29 is 13.2 Å². The van der Waals surface area contributed by atoms with Gasteiger partial charge in [0.25, 0.3) is 5.91 Å². The number of sulfonamides is 1. The second-order valence-corrected chi connectivity index (χ2v) is 9.71. The molecule has 0 atom stereocenters. The molecule has 152 valence electrons. The third-order valence-electron chi connectivity index (χ3n) is 5.87. The van der Waals surface area contributed by atoms with E-state index in [2.05, 4.69) is 11.8 Å². The van der Waals surface area contributed by atoms with Crippen LogP contribution in [0.15, 0.2) is 17.2 Å². The molecular weight excluding hydrogens is 364 g/mol. The van der Waals surface area contributed by atoms with E-state index in [4.69, 9.17) is 0 Å². The molecule has 8 heteroatoms. The van der Waals surface area contributed by atoms with Crippen LogP contribution in [0.2, 0.25) is 0 Å². The Morgan fingerprint density at radius 2 is 1.81 bits per heavy atom. The van der Waals surface area contributed by atoms with Gasteiger partial charge in [-0.25, -0.2) is 8.42 Å².